The van der Waals surface area contributed by atoms with E-state index in [1.807, 2.05) is 37.3 Å². The number of nitriles is 1. The SMILES string of the molecule is CC(C#N)c1ccc2cccnc2c1. The molecule has 0 fully saturated rings. The van der Waals surface area contributed by atoms with E-state index in [1.165, 1.54) is 0 Å². The quantitative estimate of drug-likeness (QED) is 0.680. The third-order valence-corrected chi connectivity index (χ3v) is 2.32. The molecule has 2 heteroatoms. The van der Waals surface area contributed by atoms with Crippen molar-refractivity contribution in [2.75, 3.05) is 0 Å². The fourth-order valence-corrected chi connectivity index (χ4v) is 1.43. The van der Waals surface area contributed by atoms with Crippen LogP contribution in [0.3, 0.4) is 0 Å². The molecule has 2 aromatic rings. The molecule has 1 aromatic heterocycles. The second kappa shape index (κ2) is 3.47. The smallest absolute Gasteiger partial charge is 0.0705 e. The molecular formula is C12H10N2. The predicted octanol–water partition coefficient (Wildman–Crippen LogP) is 2.86. The molecule has 68 valence electrons. The Hall–Kier alpha value is -1.88. The molecular weight excluding hydrogens is 172 g/mol. The topological polar surface area (TPSA) is 36.7 Å². The van der Waals surface area contributed by atoms with E-state index < -0.39 is 0 Å². The summed E-state index contributed by atoms with van der Waals surface area (Å²) in [5.41, 5.74) is 1.98. The van der Waals surface area contributed by atoms with Crippen molar-refractivity contribution in [3.63, 3.8) is 0 Å². The van der Waals surface area contributed by atoms with Gasteiger partial charge in [-0.25, -0.2) is 0 Å². The molecule has 1 heterocycles. The van der Waals surface area contributed by atoms with Crippen LogP contribution in [0.15, 0.2) is 36.5 Å². The largest absolute Gasteiger partial charge is 0.256 e. The fourth-order valence-electron chi connectivity index (χ4n) is 1.43. The molecule has 1 aromatic carbocycles. The lowest BCUT2D eigenvalue weighted by molar-refractivity contribution is 0.984. The van der Waals surface area contributed by atoms with Crippen LogP contribution in [-0.4, -0.2) is 4.98 Å². The van der Waals surface area contributed by atoms with Gasteiger partial charge in [0.15, 0.2) is 0 Å². The fraction of sp³-hybridized carbons (Fsp3) is 0.167. The minimum atomic E-state index is -0.0681. The average Bonchev–Trinajstić information content (AvgIpc) is 2.27. The first-order valence-corrected chi connectivity index (χ1v) is 4.55. The Bertz CT molecular complexity index is 497. The minimum absolute atomic E-state index is 0.0681. The van der Waals surface area contributed by atoms with Crippen LogP contribution >= 0.6 is 0 Å². The highest BCUT2D eigenvalue weighted by atomic mass is 14.6. The van der Waals surface area contributed by atoms with Crippen LogP contribution in [0.4, 0.5) is 0 Å². The number of nitrogens with zero attached hydrogens (tertiary/aromatic N) is 2. The van der Waals surface area contributed by atoms with Gasteiger partial charge in [0.25, 0.3) is 0 Å². The van der Waals surface area contributed by atoms with Gasteiger partial charge in [0.05, 0.1) is 17.5 Å². The van der Waals surface area contributed by atoms with E-state index in [4.69, 9.17) is 5.26 Å². The summed E-state index contributed by atoms with van der Waals surface area (Å²) in [5.74, 6) is -0.0681. The summed E-state index contributed by atoms with van der Waals surface area (Å²) in [7, 11) is 0. The van der Waals surface area contributed by atoms with Crippen LogP contribution < -0.4 is 0 Å². The van der Waals surface area contributed by atoms with Crippen LogP contribution in [0.1, 0.15) is 18.4 Å². The van der Waals surface area contributed by atoms with Crippen LogP contribution in [0.25, 0.3) is 10.9 Å². The molecule has 0 bridgehead atoms. The number of aromatic nitrogens is 1. The standard InChI is InChI=1S/C12H10N2/c1-9(8-13)11-5-4-10-3-2-6-14-12(10)7-11/h2-7,9H,1H3. The number of rotatable bonds is 1. The molecule has 1 atom stereocenters. The average molecular weight is 182 g/mol. The maximum atomic E-state index is 8.79. The number of hydrogen-bond acceptors (Lipinski definition) is 2. The summed E-state index contributed by atoms with van der Waals surface area (Å²) in [6.45, 7) is 1.89. The summed E-state index contributed by atoms with van der Waals surface area (Å²) < 4.78 is 0. The Morgan fingerprint density at radius 2 is 2.21 bits per heavy atom. The van der Waals surface area contributed by atoms with E-state index in [9.17, 15) is 0 Å². The lowest BCUT2D eigenvalue weighted by Gasteiger charge is -2.03. The van der Waals surface area contributed by atoms with Crippen molar-refractivity contribution in [1.29, 1.82) is 5.26 Å². The van der Waals surface area contributed by atoms with Crippen molar-refractivity contribution in [2.45, 2.75) is 12.8 Å². The molecule has 0 spiro atoms. The van der Waals surface area contributed by atoms with Gasteiger partial charge in [-0.15, -0.1) is 0 Å². The van der Waals surface area contributed by atoms with Crippen molar-refractivity contribution in [3.8, 4) is 6.07 Å². The Labute approximate surface area is 82.8 Å². The van der Waals surface area contributed by atoms with Gasteiger partial charge >= 0.3 is 0 Å². The normalized spacial score (nSPS) is 12.3. The Balaban J connectivity index is 2.58. The molecule has 0 N–H and O–H groups in total. The Morgan fingerprint density at radius 3 is 3.00 bits per heavy atom. The monoisotopic (exact) mass is 182 g/mol. The zero-order valence-electron chi connectivity index (χ0n) is 7.94. The molecule has 0 amide bonds. The summed E-state index contributed by atoms with van der Waals surface area (Å²) >= 11 is 0. The van der Waals surface area contributed by atoms with E-state index in [1.54, 1.807) is 6.20 Å². The molecule has 1 unspecified atom stereocenters. The number of fused-ring (bicyclic) bond motifs is 1. The van der Waals surface area contributed by atoms with Crippen molar-refractivity contribution in [1.82, 2.24) is 4.98 Å². The lowest BCUT2D eigenvalue weighted by Crippen LogP contribution is -1.89. The van der Waals surface area contributed by atoms with Gasteiger partial charge in [-0.1, -0.05) is 18.2 Å². The van der Waals surface area contributed by atoms with Crippen LogP contribution in [0.5, 0.6) is 0 Å². The lowest BCUT2D eigenvalue weighted by atomic mass is 10.0. The van der Waals surface area contributed by atoms with Crippen molar-refractivity contribution in [3.05, 3.63) is 42.1 Å². The van der Waals surface area contributed by atoms with Gasteiger partial charge in [0.2, 0.25) is 0 Å². The third kappa shape index (κ3) is 1.45. The van der Waals surface area contributed by atoms with Crippen LogP contribution in [-0.2, 0) is 0 Å². The van der Waals surface area contributed by atoms with Crippen molar-refractivity contribution in [2.24, 2.45) is 0 Å². The maximum absolute atomic E-state index is 8.79. The molecule has 2 nitrogen and oxygen atoms in total. The van der Waals surface area contributed by atoms with Gasteiger partial charge in [-0.05, 0) is 24.6 Å². The van der Waals surface area contributed by atoms with Gasteiger partial charge in [-0.2, -0.15) is 5.26 Å². The van der Waals surface area contributed by atoms with Crippen molar-refractivity contribution < 1.29 is 0 Å². The predicted molar refractivity (Wildman–Crippen MR) is 55.8 cm³/mol. The first-order chi connectivity index (χ1) is 6.81. The minimum Gasteiger partial charge on any atom is -0.256 e. The zero-order valence-corrected chi connectivity index (χ0v) is 7.94. The molecule has 14 heavy (non-hydrogen) atoms. The number of hydrogen-bond donors (Lipinski definition) is 0. The Kier molecular flexibility index (Phi) is 2.16. The van der Waals surface area contributed by atoms with Crippen LogP contribution in [0.2, 0.25) is 0 Å². The van der Waals surface area contributed by atoms with E-state index in [-0.39, 0.29) is 5.92 Å². The number of benzene rings is 1. The molecule has 0 aliphatic heterocycles. The number of pyridine rings is 1. The van der Waals surface area contributed by atoms with Gasteiger partial charge < -0.3 is 0 Å². The van der Waals surface area contributed by atoms with E-state index in [0.717, 1.165) is 16.5 Å². The summed E-state index contributed by atoms with van der Waals surface area (Å²) in [6.07, 6.45) is 1.77. The molecule has 0 radical (unpaired) electrons. The van der Waals surface area contributed by atoms with Crippen molar-refractivity contribution >= 4 is 10.9 Å². The molecule has 2 rings (SSSR count). The first kappa shape index (κ1) is 8.71. The van der Waals surface area contributed by atoms with Crippen LogP contribution in [0, 0.1) is 11.3 Å². The van der Waals surface area contributed by atoms with E-state index >= 15 is 0 Å². The van der Waals surface area contributed by atoms with Gasteiger partial charge in [-0.3, -0.25) is 4.98 Å². The maximum Gasteiger partial charge on any atom is 0.0705 e. The Morgan fingerprint density at radius 1 is 1.36 bits per heavy atom. The summed E-state index contributed by atoms with van der Waals surface area (Å²) in [5, 5.41) is 9.90. The highest BCUT2D eigenvalue weighted by Crippen LogP contribution is 2.19. The summed E-state index contributed by atoms with van der Waals surface area (Å²) in [6, 6.07) is 12.1. The molecule has 0 saturated carbocycles. The molecule has 0 aliphatic rings. The highest BCUT2D eigenvalue weighted by Gasteiger charge is 2.04. The first-order valence-electron chi connectivity index (χ1n) is 4.55. The van der Waals surface area contributed by atoms with Gasteiger partial charge in [0.1, 0.15) is 0 Å². The second-order valence-corrected chi connectivity index (χ2v) is 3.31. The highest BCUT2D eigenvalue weighted by molar-refractivity contribution is 5.79. The summed E-state index contributed by atoms with van der Waals surface area (Å²) in [4.78, 5) is 4.25. The van der Waals surface area contributed by atoms with E-state index in [0.29, 0.717) is 0 Å². The molecule has 0 saturated heterocycles. The van der Waals surface area contributed by atoms with Gasteiger partial charge in [0, 0.05) is 11.6 Å². The van der Waals surface area contributed by atoms with E-state index in [2.05, 4.69) is 11.1 Å². The third-order valence-electron chi connectivity index (χ3n) is 2.32. The molecule has 0 aliphatic carbocycles. The second-order valence-electron chi connectivity index (χ2n) is 3.31. The zero-order chi connectivity index (χ0) is 9.97.